The van der Waals surface area contributed by atoms with E-state index in [0.29, 0.717) is 11.5 Å². The monoisotopic (exact) mass is 280 g/mol. The fourth-order valence-electron chi connectivity index (χ4n) is 2.78. The van der Waals surface area contributed by atoms with Crippen molar-refractivity contribution in [2.75, 3.05) is 7.11 Å². The Labute approximate surface area is 125 Å². The summed E-state index contributed by atoms with van der Waals surface area (Å²) in [6.07, 6.45) is 3.89. The van der Waals surface area contributed by atoms with Crippen molar-refractivity contribution < 1.29 is 9.53 Å². The summed E-state index contributed by atoms with van der Waals surface area (Å²) in [4.78, 5) is 12.5. The van der Waals surface area contributed by atoms with Crippen LogP contribution >= 0.6 is 0 Å². The molecule has 0 spiro atoms. The first kappa shape index (κ1) is 13.9. The number of rotatable bonds is 4. The highest BCUT2D eigenvalue weighted by molar-refractivity contribution is 6.09. The van der Waals surface area contributed by atoms with E-state index in [-0.39, 0.29) is 5.78 Å². The summed E-state index contributed by atoms with van der Waals surface area (Å²) >= 11 is 0. The van der Waals surface area contributed by atoms with Crippen molar-refractivity contribution in [2.24, 2.45) is 0 Å². The fourth-order valence-corrected chi connectivity index (χ4v) is 2.78. The molecule has 1 fully saturated rings. The Morgan fingerprint density at radius 1 is 1.05 bits per heavy atom. The van der Waals surface area contributed by atoms with Crippen molar-refractivity contribution in [3.8, 4) is 5.75 Å². The molecule has 2 nitrogen and oxygen atoms in total. The quantitative estimate of drug-likeness (QED) is 0.771. The molecule has 0 N–H and O–H groups in total. The highest BCUT2D eigenvalue weighted by Crippen LogP contribution is 2.36. The third-order valence-electron chi connectivity index (χ3n) is 4.42. The molecule has 0 atom stereocenters. The second-order valence-corrected chi connectivity index (χ2v) is 5.76. The first-order chi connectivity index (χ1) is 10.2. The maximum atomic E-state index is 12.5. The highest BCUT2D eigenvalue weighted by atomic mass is 16.5. The molecule has 2 aromatic carbocycles. The van der Waals surface area contributed by atoms with Gasteiger partial charge in [0.25, 0.3) is 0 Å². The molecule has 1 saturated carbocycles. The van der Waals surface area contributed by atoms with E-state index >= 15 is 0 Å². The van der Waals surface area contributed by atoms with Crippen molar-refractivity contribution in [3.63, 3.8) is 0 Å². The molecule has 0 bridgehead atoms. The summed E-state index contributed by atoms with van der Waals surface area (Å²) in [7, 11) is 1.63. The molecule has 0 aliphatic heterocycles. The van der Waals surface area contributed by atoms with Crippen molar-refractivity contribution >= 4 is 5.78 Å². The first-order valence-electron chi connectivity index (χ1n) is 7.48. The van der Waals surface area contributed by atoms with Crippen LogP contribution in [-0.2, 0) is 0 Å². The lowest BCUT2D eigenvalue weighted by atomic mass is 9.80. The van der Waals surface area contributed by atoms with Crippen LogP contribution in [0.15, 0.2) is 42.5 Å². The average molecular weight is 280 g/mol. The van der Waals surface area contributed by atoms with E-state index in [2.05, 4.69) is 12.1 Å². The van der Waals surface area contributed by atoms with Crippen molar-refractivity contribution in [1.82, 2.24) is 0 Å². The third-order valence-corrected chi connectivity index (χ3v) is 4.42. The summed E-state index contributed by atoms with van der Waals surface area (Å²) in [6, 6.07) is 13.7. The second kappa shape index (κ2) is 5.72. The lowest BCUT2D eigenvalue weighted by Crippen LogP contribution is -2.09. The summed E-state index contributed by atoms with van der Waals surface area (Å²) in [6.45, 7) is 1.97. The predicted octanol–water partition coefficient (Wildman–Crippen LogP) is 4.50. The fraction of sp³-hybridized carbons (Fsp3) is 0.316. The number of ether oxygens (including phenoxy) is 1. The van der Waals surface area contributed by atoms with Gasteiger partial charge in [-0.1, -0.05) is 42.8 Å². The lowest BCUT2D eigenvalue weighted by molar-refractivity contribution is 0.103. The van der Waals surface area contributed by atoms with Crippen LogP contribution in [-0.4, -0.2) is 12.9 Å². The normalized spacial score (nSPS) is 14.6. The molecule has 1 aliphatic rings. The minimum Gasteiger partial charge on any atom is -0.496 e. The van der Waals surface area contributed by atoms with Gasteiger partial charge >= 0.3 is 0 Å². The lowest BCUT2D eigenvalue weighted by Gasteiger charge is -2.25. The van der Waals surface area contributed by atoms with Gasteiger partial charge < -0.3 is 4.74 Å². The van der Waals surface area contributed by atoms with Gasteiger partial charge in [0.1, 0.15) is 5.75 Å². The number of carbonyl (C=O) groups is 1. The summed E-state index contributed by atoms with van der Waals surface area (Å²) in [5.74, 6) is 1.51. The molecule has 0 heterocycles. The van der Waals surface area contributed by atoms with E-state index in [0.717, 1.165) is 16.9 Å². The van der Waals surface area contributed by atoms with E-state index in [1.807, 2.05) is 37.3 Å². The van der Waals surface area contributed by atoms with Crippen LogP contribution in [0.2, 0.25) is 0 Å². The van der Waals surface area contributed by atoms with Crippen LogP contribution in [0.3, 0.4) is 0 Å². The number of carbonyl (C=O) groups excluding carboxylic acids is 1. The largest absolute Gasteiger partial charge is 0.496 e. The van der Waals surface area contributed by atoms with Gasteiger partial charge in [-0.05, 0) is 42.9 Å². The molecule has 0 amide bonds. The number of aryl methyl sites for hydroxylation is 1. The number of methoxy groups -OCH3 is 1. The molecular weight excluding hydrogens is 260 g/mol. The van der Waals surface area contributed by atoms with Gasteiger partial charge in [-0.25, -0.2) is 0 Å². The standard InChI is InChI=1S/C19H20O2/c1-13-6-7-17(12-18(13)21-2)19(20)16-10-8-15(9-11-16)14-4-3-5-14/h6-12,14H,3-5H2,1-2H3. The van der Waals surface area contributed by atoms with Gasteiger partial charge in [0, 0.05) is 11.1 Å². The highest BCUT2D eigenvalue weighted by Gasteiger charge is 2.19. The SMILES string of the molecule is COc1cc(C(=O)c2ccc(C3CCC3)cc2)ccc1C. The Kier molecular flexibility index (Phi) is 3.78. The van der Waals surface area contributed by atoms with E-state index < -0.39 is 0 Å². The van der Waals surface area contributed by atoms with Crippen LogP contribution in [0.25, 0.3) is 0 Å². The van der Waals surface area contributed by atoms with Crippen molar-refractivity contribution in [3.05, 3.63) is 64.7 Å². The third kappa shape index (κ3) is 2.71. The number of hydrogen-bond donors (Lipinski definition) is 0. The van der Waals surface area contributed by atoms with Gasteiger partial charge in [0.15, 0.2) is 5.78 Å². The van der Waals surface area contributed by atoms with Gasteiger partial charge in [-0.15, -0.1) is 0 Å². The van der Waals surface area contributed by atoms with Gasteiger partial charge in [0.2, 0.25) is 0 Å². The summed E-state index contributed by atoms with van der Waals surface area (Å²) in [5, 5.41) is 0. The molecule has 0 radical (unpaired) electrons. The topological polar surface area (TPSA) is 26.3 Å². The van der Waals surface area contributed by atoms with E-state index in [9.17, 15) is 4.79 Å². The molecule has 21 heavy (non-hydrogen) atoms. The Bertz CT molecular complexity index is 652. The van der Waals surface area contributed by atoms with Crippen LogP contribution in [0, 0.1) is 6.92 Å². The van der Waals surface area contributed by atoms with Crippen LogP contribution in [0.5, 0.6) is 5.75 Å². The molecule has 1 aliphatic carbocycles. The van der Waals surface area contributed by atoms with Crippen LogP contribution < -0.4 is 4.74 Å². The molecule has 3 rings (SSSR count). The van der Waals surface area contributed by atoms with Crippen LogP contribution in [0.1, 0.15) is 52.2 Å². The molecule has 2 aromatic rings. The number of hydrogen-bond acceptors (Lipinski definition) is 2. The molecule has 0 aromatic heterocycles. The zero-order valence-corrected chi connectivity index (χ0v) is 12.6. The predicted molar refractivity (Wildman–Crippen MR) is 84.2 cm³/mol. The summed E-state index contributed by atoms with van der Waals surface area (Å²) < 4.78 is 5.29. The van der Waals surface area contributed by atoms with Crippen LogP contribution in [0.4, 0.5) is 0 Å². The zero-order chi connectivity index (χ0) is 14.8. The molecule has 0 saturated heterocycles. The van der Waals surface area contributed by atoms with E-state index in [1.54, 1.807) is 7.11 Å². The Hall–Kier alpha value is -2.09. The average Bonchev–Trinajstić information content (AvgIpc) is 2.46. The molecule has 2 heteroatoms. The Morgan fingerprint density at radius 3 is 2.29 bits per heavy atom. The van der Waals surface area contributed by atoms with Gasteiger partial charge in [0.05, 0.1) is 7.11 Å². The molecule has 108 valence electrons. The maximum absolute atomic E-state index is 12.5. The second-order valence-electron chi connectivity index (χ2n) is 5.76. The van der Waals surface area contributed by atoms with Crippen molar-refractivity contribution in [1.29, 1.82) is 0 Å². The minimum absolute atomic E-state index is 0.0495. The van der Waals surface area contributed by atoms with Gasteiger partial charge in [-0.3, -0.25) is 4.79 Å². The van der Waals surface area contributed by atoms with E-state index in [4.69, 9.17) is 4.74 Å². The minimum atomic E-state index is 0.0495. The van der Waals surface area contributed by atoms with E-state index in [1.165, 1.54) is 24.8 Å². The Morgan fingerprint density at radius 2 is 1.71 bits per heavy atom. The number of benzene rings is 2. The molecular formula is C19H20O2. The first-order valence-corrected chi connectivity index (χ1v) is 7.48. The smallest absolute Gasteiger partial charge is 0.193 e. The maximum Gasteiger partial charge on any atom is 0.193 e. The zero-order valence-electron chi connectivity index (χ0n) is 12.6. The van der Waals surface area contributed by atoms with Crippen molar-refractivity contribution in [2.45, 2.75) is 32.1 Å². The summed E-state index contributed by atoms with van der Waals surface area (Å²) in [5.41, 5.74) is 3.81. The molecule has 0 unspecified atom stereocenters. The van der Waals surface area contributed by atoms with Gasteiger partial charge in [-0.2, -0.15) is 0 Å². The number of ketones is 1. The Balaban J connectivity index is 1.84.